The summed E-state index contributed by atoms with van der Waals surface area (Å²) in [6, 6.07) is 0. The van der Waals surface area contributed by atoms with Crippen LogP contribution in [0.5, 0.6) is 0 Å². The first-order chi connectivity index (χ1) is 12.5. The number of ether oxygens (including phenoxy) is 1. The van der Waals surface area contributed by atoms with Crippen LogP contribution in [0.25, 0.3) is 0 Å². The van der Waals surface area contributed by atoms with Crippen molar-refractivity contribution in [3.05, 3.63) is 0 Å². The Morgan fingerprint density at radius 3 is 2.00 bits per heavy atom. The molecule has 0 fully saturated rings. The highest BCUT2D eigenvalue weighted by molar-refractivity contribution is 5.70. The topological polar surface area (TPSA) is 63.6 Å². The van der Waals surface area contributed by atoms with Crippen LogP contribution in [0.3, 0.4) is 0 Å². The fourth-order valence-corrected chi connectivity index (χ4v) is 3.54. The summed E-state index contributed by atoms with van der Waals surface area (Å²) in [5.41, 5.74) is 0. The van der Waals surface area contributed by atoms with Crippen molar-refractivity contribution in [1.29, 1.82) is 0 Å². The zero-order valence-electron chi connectivity index (χ0n) is 17.6. The molecule has 0 aliphatic rings. The summed E-state index contributed by atoms with van der Waals surface area (Å²) in [5, 5.41) is 8.69. The molecule has 154 valence electrons. The molecule has 0 aliphatic carbocycles. The number of esters is 1. The molecule has 0 amide bonds. The molecule has 26 heavy (non-hydrogen) atoms. The molecule has 0 aromatic rings. The first-order valence-corrected chi connectivity index (χ1v) is 10.9. The third-order valence-electron chi connectivity index (χ3n) is 5.39. The molecule has 0 rings (SSSR count). The average molecular weight is 371 g/mol. The molecule has 1 N–H and O–H groups in total. The Labute approximate surface area is 161 Å². The summed E-state index contributed by atoms with van der Waals surface area (Å²) in [4.78, 5) is 22.9. The summed E-state index contributed by atoms with van der Waals surface area (Å²) >= 11 is 0. The largest absolute Gasteiger partial charge is 0.481 e. The molecule has 0 spiro atoms. The van der Waals surface area contributed by atoms with E-state index >= 15 is 0 Å². The number of carbonyl (C=O) groups excluding carboxylic acids is 1. The lowest BCUT2D eigenvalue weighted by Gasteiger charge is -2.29. The van der Waals surface area contributed by atoms with Gasteiger partial charge in [-0.25, -0.2) is 0 Å². The minimum Gasteiger partial charge on any atom is -0.481 e. The van der Waals surface area contributed by atoms with Crippen LogP contribution in [-0.4, -0.2) is 23.1 Å². The molecule has 4 heteroatoms. The monoisotopic (exact) mass is 370 g/mol. The standard InChI is InChI=1S/C22H42O4/c1-5-9-13-18(7-3)17-20(19(8-4)14-10-6-2)26-22(25)16-12-11-15-21(23)24/h18-20H,5-17H2,1-4H3,(H,23,24). The normalized spacial score (nSPS) is 14.6. The Morgan fingerprint density at radius 2 is 1.46 bits per heavy atom. The van der Waals surface area contributed by atoms with Crippen molar-refractivity contribution in [2.75, 3.05) is 0 Å². The molecule has 0 saturated heterocycles. The smallest absolute Gasteiger partial charge is 0.306 e. The van der Waals surface area contributed by atoms with Crippen molar-refractivity contribution in [2.24, 2.45) is 11.8 Å². The molecule has 0 aromatic heterocycles. The zero-order chi connectivity index (χ0) is 19.8. The van der Waals surface area contributed by atoms with E-state index in [4.69, 9.17) is 9.84 Å². The summed E-state index contributed by atoms with van der Waals surface area (Å²) in [6.07, 6.45) is 11.9. The summed E-state index contributed by atoms with van der Waals surface area (Å²) in [5.74, 6) is 0.105. The predicted octanol–water partition coefficient (Wildman–Crippen LogP) is 6.37. The highest BCUT2D eigenvalue weighted by Crippen LogP contribution is 2.29. The molecule has 4 nitrogen and oxygen atoms in total. The minimum absolute atomic E-state index is 0.0142. The van der Waals surface area contributed by atoms with Gasteiger partial charge in [-0.2, -0.15) is 0 Å². The van der Waals surface area contributed by atoms with E-state index < -0.39 is 5.97 Å². The Balaban J connectivity index is 4.72. The lowest BCUT2D eigenvalue weighted by molar-refractivity contribution is -0.153. The molecule has 0 aromatic carbocycles. The summed E-state index contributed by atoms with van der Waals surface area (Å²) in [7, 11) is 0. The fourth-order valence-electron chi connectivity index (χ4n) is 3.54. The zero-order valence-corrected chi connectivity index (χ0v) is 17.6. The quantitative estimate of drug-likeness (QED) is 0.239. The molecule has 0 radical (unpaired) electrons. The molecular formula is C22H42O4. The van der Waals surface area contributed by atoms with Gasteiger partial charge in [0.1, 0.15) is 6.10 Å². The van der Waals surface area contributed by atoms with Crippen LogP contribution < -0.4 is 0 Å². The molecule has 0 saturated carbocycles. The van der Waals surface area contributed by atoms with Gasteiger partial charge in [-0.1, -0.05) is 66.2 Å². The highest BCUT2D eigenvalue weighted by atomic mass is 16.5. The predicted molar refractivity (Wildman–Crippen MR) is 107 cm³/mol. The average Bonchev–Trinajstić information content (AvgIpc) is 2.62. The number of hydrogen-bond donors (Lipinski definition) is 1. The van der Waals surface area contributed by atoms with Gasteiger partial charge < -0.3 is 9.84 Å². The van der Waals surface area contributed by atoms with Gasteiger partial charge in [0, 0.05) is 12.8 Å². The van der Waals surface area contributed by atoms with Gasteiger partial charge in [0.2, 0.25) is 0 Å². The third-order valence-corrected chi connectivity index (χ3v) is 5.39. The van der Waals surface area contributed by atoms with Gasteiger partial charge in [-0.05, 0) is 43.9 Å². The summed E-state index contributed by atoms with van der Waals surface area (Å²) in [6.45, 7) is 8.85. The Hall–Kier alpha value is -1.06. The van der Waals surface area contributed by atoms with Gasteiger partial charge in [0.05, 0.1) is 0 Å². The van der Waals surface area contributed by atoms with Gasteiger partial charge in [-0.15, -0.1) is 0 Å². The van der Waals surface area contributed by atoms with Crippen LogP contribution in [0.1, 0.15) is 111 Å². The summed E-state index contributed by atoms with van der Waals surface area (Å²) < 4.78 is 5.93. The number of unbranched alkanes of at least 4 members (excludes halogenated alkanes) is 3. The van der Waals surface area contributed by atoms with E-state index in [9.17, 15) is 9.59 Å². The molecule has 3 unspecified atom stereocenters. The Morgan fingerprint density at radius 1 is 0.846 bits per heavy atom. The van der Waals surface area contributed by atoms with Crippen molar-refractivity contribution in [3.63, 3.8) is 0 Å². The van der Waals surface area contributed by atoms with Crippen molar-refractivity contribution in [1.82, 2.24) is 0 Å². The van der Waals surface area contributed by atoms with Crippen molar-refractivity contribution in [2.45, 2.75) is 117 Å². The van der Waals surface area contributed by atoms with E-state index in [0.29, 0.717) is 31.1 Å². The third kappa shape index (κ3) is 12.3. The maximum Gasteiger partial charge on any atom is 0.306 e. The maximum atomic E-state index is 12.3. The van der Waals surface area contributed by atoms with Crippen LogP contribution in [0.15, 0.2) is 0 Å². The number of carboxylic acids is 1. The minimum atomic E-state index is -0.802. The molecule has 0 bridgehead atoms. The van der Waals surface area contributed by atoms with Gasteiger partial charge >= 0.3 is 11.9 Å². The van der Waals surface area contributed by atoms with Crippen molar-refractivity contribution >= 4 is 11.9 Å². The SMILES string of the molecule is CCCCC(CC)CC(OC(=O)CCCCC(=O)O)C(CC)CCCC. The van der Waals surface area contributed by atoms with E-state index in [1.807, 2.05) is 0 Å². The number of carboxylic acid groups (broad SMARTS) is 1. The van der Waals surface area contributed by atoms with Crippen LogP contribution in [0, 0.1) is 11.8 Å². The number of aliphatic carboxylic acids is 1. The van der Waals surface area contributed by atoms with E-state index in [1.165, 1.54) is 32.1 Å². The van der Waals surface area contributed by atoms with Gasteiger partial charge in [0.15, 0.2) is 0 Å². The molecule has 3 atom stereocenters. The van der Waals surface area contributed by atoms with Crippen LogP contribution >= 0.6 is 0 Å². The first-order valence-electron chi connectivity index (χ1n) is 10.9. The van der Waals surface area contributed by atoms with Crippen LogP contribution in [0.2, 0.25) is 0 Å². The van der Waals surface area contributed by atoms with Crippen LogP contribution in [0.4, 0.5) is 0 Å². The van der Waals surface area contributed by atoms with Gasteiger partial charge in [-0.3, -0.25) is 9.59 Å². The fraction of sp³-hybridized carbons (Fsp3) is 0.909. The molecule has 0 aliphatic heterocycles. The maximum absolute atomic E-state index is 12.3. The van der Waals surface area contributed by atoms with Gasteiger partial charge in [0.25, 0.3) is 0 Å². The first kappa shape index (κ1) is 24.9. The second-order valence-corrected chi connectivity index (χ2v) is 7.59. The highest BCUT2D eigenvalue weighted by Gasteiger charge is 2.26. The molecular weight excluding hydrogens is 328 g/mol. The second-order valence-electron chi connectivity index (χ2n) is 7.59. The van der Waals surface area contributed by atoms with E-state index in [2.05, 4.69) is 27.7 Å². The second kappa shape index (κ2) is 16.1. The van der Waals surface area contributed by atoms with Crippen LogP contribution in [-0.2, 0) is 14.3 Å². The van der Waals surface area contributed by atoms with E-state index in [-0.39, 0.29) is 18.5 Å². The lowest BCUT2D eigenvalue weighted by atomic mass is 9.84. The molecule has 0 heterocycles. The number of rotatable bonds is 17. The number of carbonyl (C=O) groups is 2. The van der Waals surface area contributed by atoms with E-state index in [1.54, 1.807) is 0 Å². The lowest BCUT2D eigenvalue weighted by Crippen LogP contribution is -2.29. The van der Waals surface area contributed by atoms with E-state index in [0.717, 1.165) is 25.7 Å². The van der Waals surface area contributed by atoms with Crippen molar-refractivity contribution in [3.8, 4) is 0 Å². The number of hydrogen-bond acceptors (Lipinski definition) is 3. The Kier molecular flexibility index (Phi) is 15.5. The van der Waals surface area contributed by atoms with Crippen molar-refractivity contribution < 1.29 is 19.4 Å². The Bertz CT molecular complexity index is 367.